The van der Waals surface area contributed by atoms with Gasteiger partial charge < -0.3 is 5.11 Å². The molecule has 84 valence electrons. The van der Waals surface area contributed by atoms with Crippen molar-refractivity contribution in [2.45, 2.75) is 25.2 Å². The molecule has 0 spiro atoms. The number of nitrogens with zero attached hydrogens (tertiary/aromatic N) is 2. The van der Waals surface area contributed by atoms with Crippen molar-refractivity contribution in [3.8, 4) is 0 Å². The number of fused-ring (bicyclic) bond motifs is 3. The molecule has 1 N–H and O–H groups in total. The molecular weight excluding hydrogens is 244 g/mol. The number of aliphatic hydroxyl groups excluding tert-OH is 1. The highest BCUT2D eigenvalue weighted by Crippen LogP contribution is 2.46. The van der Waals surface area contributed by atoms with Gasteiger partial charge in [0.05, 0.1) is 5.39 Å². The SMILES string of the molecule is OCC[C@H]1CCc2sc3ncnc(Cl)c3c21. The van der Waals surface area contributed by atoms with E-state index in [1.807, 2.05) is 0 Å². The molecule has 0 bridgehead atoms. The summed E-state index contributed by atoms with van der Waals surface area (Å²) in [6.45, 7) is 0.229. The first-order valence-electron chi connectivity index (χ1n) is 5.34. The van der Waals surface area contributed by atoms with Crippen molar-refractivity contribution in [2.75, 3.05) is 6.61 Å². The van der Waals surface area contributed by atoms with E-state index in [1.165, 1.54) is 16.8 Å². The summed E-state index contributed by atoms with van der Waals surface area (Å²) in [4.78, 5) is 10.7. The first-order chi connectivity index (χ1) is 7.81. The third kappa shape index (κ3) is 1.44. The standard InChI is InChI=1S/C11H11ClN2OS/c12-10-9-8-6(3-4-15)1-2-7(8)16-11(9)14-5-13-10/h5-6,15H,1-4H2/t6-/m1/s1. The minimum atomic E-state index is 0.229. The largest absolute Gasteiger partial charge is 0.396 e. The summed E-state index contributed by atoms with van der Waals surface area (Å²) < 4.78 is 0. The van der Waals surface area contributed by atoms with E-state index in [0.29, 0.717) is 11.1 Å². The molecule has 2 aromatic heterocycles. The first-order valence-corrected chi connectivity index (χ1v) is 6.53. The molecule has 0 fully saturated rings. The van der Waals surface area contributed by atoms with Gasteiger partial charge in [-0.1, -0.05) is 11.6 Å². The lowest BCUT2D eigenvalue weighted by Gasteiger charge is -2.08. The van der Waals surface area contributed by atoms with E-state index in [9.17, 15) is 0 Å². The zero-order valence-electron chi connectivity index (χ0n) is 8.61. The number of halogens is 1. The van der Waals surface area contributed by atoms with Gasteiger partial charge in [0.25, 0.3) is 0 Å². The van der Waals surface area contributed by atoms with Crippen LogP contribution in [0.3, 0.4) is 0 Å². The van der Waals surface area contributed by atoms with Crippen LogP contribution >= 0.6 is 22.9 Å². The maximum Gasteiger partial charge on any atom is 0.141 e. The molecule has 1 aliphatic carbocycles. The Bertz CT molecular complexity index is 540. The second-order valence-corrected chi connectivity index (χ2v) is 5.47. The molecule has 0 amide bonds. The third-order valence-electron chi connectivity index (χ3n) is 3.16. The van der Waals surface area contributed by atoms with Gasteiger partial charge in [-0.25, -0.2) is 9.97 Å². The number of aromatic nitrogens is 2. The summed E-state index contributed by atoms with van der Waals surface area (Å²) in [7, 11) is 0. The van der Waals surface area contributed by atoms with Crippen molar-refractivity contribution in [1.29, 1.82) is 0 Å². The van der Waals surface area contributed by atoms with Gasteiger partial charge in [-0.05, 0) is 30.7 Å². The fourth-order valence-corrected chi connectivity index (χ4v) is 4.01. The lowest BCUT2D eigenvalue weighted by Crippen LogP contribution is -1.97. The van der Waals surface area contributed by atoms with E-state index in [2.05, 4.69) is 9.97 Å². The Morgan fingerprint density at radius 1 is 1.50 bits per heavy atom. The number of rotatable bonds is 2. The molecule has 0 saturated carbocycles. The average molecular weight is 255 g/mol. The molecule has 1 aliphatic rings. The Morgan fingerprint density at radius 2 is 2.38 bits per heavy atom. The van der Waals surface area contributed by atoms with E-state index in [0.717, 1.165) is 29.5 Å². The van der Waals surface area contributed by atoms with E-state index >= 15 is 0 Å². The highest BCUT2D eigenvalue weighted by molar-refractivity contribution is 7.19. The van der Waals surface area contributed by atoms with Crippen molar-refractivity contribution >= 4 is 33.2 Å². The Hall–Kier alpha value is -0.710. The molecule has 1 atom stereocenters. The topological polar surface area (TPSA) is 46.0 Å². The van der Waals surface area contributed by atoms with Gasteiger partial charge in [0.2, 0.25) is 0 Å². The van der Waals surface area contributed by atoms with Gasteiger partial charge >= 0.3 is 0 Å². The van der Waals surface area contributed by atoms with Gasteiger partial charge in [0, 0.05) is 11.5 Å². The summed E-state index contributed by atoms with van der Waals surface area (Å²) >= 11 is 7.85. The van der Waals surface area contributed by atoms with Crippen molar-refractivity contribution in [3.63, 3.8) is 0 Å². The Labute approximate surface area is 102 Å². The van der Waals surface area contributed by atoms with Gasteiger partial charge in [-0.15, -0.1) is 11.3 Å². The smallest absolute Gasteiger partial charge is 0.141 e. The summed E-state index contributed by atoms with van der Waals surface area (Å²) in [6, 6.07) is 0. The molecule has 16 heavy (non-hydrogen) atoms. The lowest BCUT2D eigenvalue weighted by molar-refractivity contribution is 0.275. The Kier molecular flexibility index (Phi) is 2.58. The molecule has 3 rings (SSSR count). The van der Waals surface area contributed by atoms with E-state index in [-0.39, 0.29) is 6.61 Å². The molecule has 0 radical (unpaired) electrons. The second-order valence-electron chi connectivity index (χ2n) is 4.03. The molecular formula is C11H11ClN2OS. The zero-order chi connectivity index (χ0) is 11.1. The lowest BCUT2D eigenvalue weighted by atomic mass is 9.98. The monoisotopic (exact) mass is 254 g/mol. The predicted molar refractivity (Wildman–Crippen MR) is 65.2 cm³/mol. The van der Waals surface area contributed by atoms with Gasteiger partial charge in [-0.2, -0.15) is 0 Å². The van der Waals surface area contributed by atoms with Crippen LogP contribution in [-0.2, 0) is 6.42 Å². The second kappa shape index (κ2) is 3.95. The summed E-state index contributed by atoms with van der Waals surface area (Å²) in [6.07, 6.45) is 4.52. The molecule has 0 saturated heterocycles. The summed E-state index contributed by atoms with van der Waals surface area (Å²) in [5.74, 6) is 0.428. The van der Waals surface area contributed by atoms with E-state index in [4.69, 9.17) is 16.7 Å². The zero-order valence-corrected chi connectivity index (χ0v) is 10.2. The van der Waals surface area contributed by atoms with Gasteiger partial charge in [0.15, 0.2) is 0 Å². The molecule has 3 nitrogen and oxygen atoms in total. The van der Waals surface area contributed by atoms with Crippen molar-refractivity contribution in [3.05, 3.63) is 21.9 Å². The van der Waals surface area contributed by atoms with Gasteiger partial charge in [0.1, 0.15) is 16.3 Å². The summed E-state index contributed by atoms with van der Waals surface area (Å²) in [5, 5.41) is 10.6. The van der Waals surface area contributed by atoms with Gasteiger partial charge in [-0.3, -0.25) is 0 Å². The van der Waals surface area contributed by atoms with Crippen LogP contribution in [0.15, 0.2) is 6.33 Å². The van der Waals surface area contributed by atoms with E-state index in [1.54, 1.807) is 11.3 Å². The van der Waals surface area contributed by atoms with Crippen LogP contribution in [0, 0.1) is 0 Å². The molecule has 0 aliphatic heterocycles. The minimum absolute atomic E-state index is 0.229. The fourth-order valence-electron chi connectivity index (χ4n) is 2.48. The molecule has 0 unspecified atom stereocenters. The number of thiophene rings is 1. The Morgan fingerprint density at radius 3 is 3.19 bits per heavy atom. The molecule has 5 heteroatoms. The van der Waals surface area contributed by atoms with E-state index < -0.39 is 0 Å². The van der Waals surface area contributed by atoms with Crippen molar-refractivity contribution < 1.29 is 5.11 Å². The highest BCUT2D eigenvalue weighted by atomic mass is 35.5. The van der Waals surface area contributed by atoms with Crippen LogP contribution < -0.4 is 0 Å². The number of aliphatic hydroxyl groups is 1. The normalized spacial score (nSPS) is 19.2. The highest BCUT2D eigenvalue weighted by Gasteiger charge is 2.28. The summed E-state index contributed by atoms with van der Waals surface area (Å²) in [5.41, 5.74) is 1.29. The molecule has 2 aromatic rings. The van der Waals surface area contributed by atoms with Crippen LogP contribution in [0.5, 0.6) is 0 Å². The first kappa shape index (κ1) is 10.4. The molecule has 2 heterocycles. The maximum atomic E-state index is 9.07. The fraction of sp³-hybridized carbons (Fsp3) is 0.455. The number of aryl methyl sites for hydroxylation is 1. The molecule has 0 aromatic carbocycles. The number of hydrogen-bond donors (Lipinski definition) is 1. The van der Waals surface area contributed by atoms with Crippen LogP contribution in [-0.4, -0.2) is 21.7 Å². The maximum absolute atomic E-state index is 9.07. The van der Waals surface area contributed by atoms with Crippen LogP contribution in [0.1, 0.15) is 29.2 Å². The number of hydrogen-bond acceptors (Lipinski definition) is 4. The van der Waals surface area contributed by atoms with Crippen molar-refractivity contribution in [2.24, 2.45) is 0 Å². The van der Waals surface area contributed by atoms with Crippen LogP contribution in [0.4, 0.5) is 0 Å². The third-order valence-corrected chi connectivity index (χ3v) is 4.62. The van der Waals surface area contributed by atoms with Crippen LogP contribution in [0.2, 0.25) is 5.15 Å². The Balaban J connectivity index is 2.22. The van der Waals surface area contributed by atoms with Crippen LogP contribution in [0.25, 0.3) is 10.2 Å². The predicted octanol–water partition coefficient (Wildman–Crippen LogP) is 2.76. The minimum Gasteiger partial charge on any atom is -0.396 e. The van der Waals surface area contributed by atoms with Crippen molar-refractivity contribution in [1.82, 2.24) is 9.97 Å². The average Bonchev–Trinajstić information content (AvgIpc) is 2.79. The quantitative estimate of drug-likeness (QED) is 0.839.